The van der Waals surface area contributed by atoms with Crippen molar-refractivity contribution in [2.45, 2.75) is 50.4 Å². The molecule has 3 atom stereocenters. The predicted octanol–water partition coefficient (Wildman–Crippen LogP) is 2.47. The van der Waals surface area contributed by atoms with Crippen LogP contribution < -0.4 is 5.32 Å². The Hall–Kier alpha value is -0.900. The summed E-state index contributed by atoms with van der Waals surface area (Å²) in [5, 5.41) is 3.71. The van der Waals surface area contributed by atoms with E-state index in [0.717, 1.165) is 13.2 Å². The number of hydrogen-bond donors (Lipinski definition) is 1. The van der Waals surface area contributed by atoms with E-state index in [9.17, 15) is 0 Å². The molecular weight excluding hydrogens is 248 g/mol. The normalized spacial score (nSPS) is 34.3. The molecule has 0 amide bonds. The standard InChI is InChI=1S/C17H24N2O/c1-2-6-14-13(5-1)11-20-12-17(14)19-10-4-8-16(19)15-7-3-9-18-15/h1-2,5-6,15-18H,3-4,7-12H2. The molecule has 0 aliphatic carbocycles. The fraction of sp³-hybridized carbons (Fsp3) is 0.647. The summed E-state index contributed by atoms with van der Waals surface area (Å²) in [6.07, 6.45) is 5.36. The first-order valence-electron chi connectivity index (χ1n) is 8.08. The summed E-state index contributed by atoms with van der Waals surface area (Å²) in [7, 11) is 0. The molecule has 2 saturated heterocycles. The third-order valence-corrected chi connectivity index (χ3v) is 5.25. The molecule has 108 valence electrons. The van der Waals surface area contributed by atoms with Crippen molar-refractivity contribution in [3.63, 3.8) is 0 Å². The molecule has 0 saturated carbocycles. The second kappa shape index (κ2) is 5.47. The highest BCUT2D eigenvalue weighted by Crippen LogP contribution is 2.36. The summed E-state index contributed by atoms with van der Waals surface area (Å²) >= 11 is 0. The summed E-state index contributed by atoms with van der Waals surface area (Å²) in [6.45, 7) is 4.07. The second-order valence-corrected chi connectivity index (χ2v) is 6.38. The molecule has 3 heteroatoms. The molecule has 0 spiro atoms. The van der Waals surface area contributed by atoms with Gasteiger partial charge in [0.05, 0.1) is 19.3 Å². The smallest absolute Gasteiger partial charge is 0.0721 e. The van der Waals surface area contributed by atoms with Crippen molar-refractivity contribution in [2.24, 2.45) is 0 Å². The quantitative estimate of drug-likeness (QED) is 0.895. The zero-order chi connectivity index (χ0) is 13.4. The van der Waals surface area contributed by atoms with Gasteiger partial charge in [0.1, 0.15) is 0 Å². The van der Waals surface area contributed by atoms with Gasteiger partial charge in [-0.2, -0.15) is 0 Å². The van der Waals surface area contributed by atoms with Crippen molar-refractivity contribution in [2.75, 3.05) is 19.7 Å². The Labute approximate surface area is 121 Å². The van der Waals surface area contributed by atoms with E-state index in [-0.39, 0.29) is 0 Å². The lowest BCUT2D eigenvalue weighted by molar-refractivity contribution is 0.0218. The maximum atomic E-state index is 5.87. The molecule has 20 heavy (non-hydrogen) atoms. The Morgan fingerprint density at radius 3 is 3.00 bits per heavy atom. The molecule has 2 fully saturated rings. The van der Waals surface area contributed by atoms with E-state index in [4.69, 9.17) is 4.74 Å². The molecule has 3 aliphatic rings. The van der Waals surface area contributed by atoms with Crippen LogP contribution in [0, 0.1) is 0 Å². The van der Waals surface area contributed by atoms with Gasteiger partial charge in [0.15, 0.2) is 0 Å². The molecule has 1 N–H and O–H groups in total. The Kier molecular flexibility index (Phi) is 3.51. The first-order valence-corrected chi connectivity index (χ1v) is 8.08. The van der Waals surface area contributed by atoms with Crippen LogP contribution in [-0.2, 0) is 11.3 Å². The number of fused-ring (bicyclic) bond motifs is 1. The van der Waals surface area contributed by atoms with Gasteiger partial charge >= 0.3 is 0 Å². The van der Waals surface area contributed by atoms with Crippen LogP contribution in [0.4, 0.5) is 0 Å². The van der Waals surface area contributed by atoms with Crippen molar-refractivity contribution >= 4 is 0 Å². The third-order valence-electron chi connectivity index (χ3n) is 5.25. The maximum absolute atomic E-state index is 5.87. The number of ether oxygens (including phenoxy) is 1. The van der Waals surface area contributed by atoms with Crippen LogP contribution >= 0.6 is 0 Å². The Balaban J connectivity index is 1.60. The summed E-state index contributed by atoms with van der Waals surface area (Å²) < 4.78 is 5.87. The van der Waals surface area contributed by atoms with Gasteiger partial charge in [-0.25, -0.2) is 0 Å². The van der Waals surface area contributed by atoms with Gasteiger partial charge in [-0.15, -0.1) is 0 Å². The first kappa shape index (κ1) is 12.8. The summed E-state index contributed by atoms with van der Waals surface area (Å²) in [4.78, 5) is 2.72. The molecule has 3 heterocycles. The van der Waals surface area contributed by atoms with E-state index >= 15 is 0 Å². The molecule has 3 nitrogen and oxygen atoms in total. The van der Waals surface area contributed by atoms with Gasteiger partial charge in [0.2, 0.25) is 0 Å². The Bertz CT molecular complexity index is 470. The zero-order valence-electron chi connectivity index (χ0n) is 12.1. The van der Waals surface area contributed by atoms with Crippen molar-refractivity contribution in [1.29, 1.82) is 0 Å². The molecule has 0 aromatic heterocycles. The van der Waals surface area contributed by atoms with Crippen LogP contribution in [-0.4, -0.2) is 36.7 Å². The molecule has 1 aromatic carbocycles. The largest absolute Gasteiger partial charge is 0.375 e. The highest BCUT2D eigenvalue weighted by atomic mass is 16.5. The SMILES string of the molecule is c1ccc2c(c1)COCC2N1CCCC1C1CCCN1. The van der Waals surface area contributed by atoms with Crippen molar-refractivity contribution in [3.05, 3.63) is 35.4 Å². The van der Waals surface area contributed by atoms with E-state index < -0.39 is 0 Å². The molecular formula is C17H24N2O. The van der Waals surface area contributed by atoms with Crippen molar-refractivity contribution in [3.8, 4) is 0 Å². The molecule has 0 radical (unpaired) electrons. The topological polar surface area (TPSA) is 24.5 Å². The monoisotopic (exact) mass is 272 g/mol. The summed E-state index contributed by atoms with van der Waals surface area (Å²) in [5.74, 6) is 0. The van der Waals surface area contributed by atoms with Gasteiger partial charge < -0.3 is 10.1 Å². The van der Waals surface area contributed by atoms with Crippen molar-refractivity contribution < 1.29 is 4.74 Å². The fourth-order valence-corrected chi connectivity index (χ4v) is 4.31. The van der Waals surface area contributed by atoms with E-state index in [0.29, 0.717) is 18.1 Å². The van der Waals surface area contributed by atoms with E-state index in [1.165, 1.54) is 49.9 Å². The lowest BCUT2D eigenvalue weighted by atomic mass is 9.95. The predicted molar refractivity (Wildman–Crippen MR) is 79.6 cm³/mol. The Morgan fingerprint density at radius 1 is 1.15 bits per heavy atom. The van der Waals surface area contributed by atoms with Gasteiger partial charge in [0, 0.05) is 12.1 Å². The minimum Gasteiger partial charge on any atom is -0.375 e. The van der Waals surface area contributed by atoms with Crippen LogP contribution in [0.2, 0.25) is 0 Å². The van der Waals surface area contributed by atoms with E-state index in [2.05, 4.69) is 34.5 Å². The minimum atomic E-state index is 0.467. The van der Waals surface area contributed by atoms with Gasteiger partial charge in [0.25, 0.3) is 0 Å². The number of benzene rings is 1. The van der Waals surface area contributed by atoms with E-state index in [1.54, 1.807) is 0 Å². The lowest BCUT2D eigenvalue weighted by Crippen LogP contribution is -2.47. The summed E-state index contributed by atoms with van der Waals surface area (Å²) in [5.41, 5.74) is 2.89. The van der Waals surface area contributed by atoms with Crippen LogP contribution in [0.3, 0.4) is 0 Å². The first-order chi connectivity index (χ1) is 9.93. The van der Waals surface area contributed by atoms with Gasteiger partial charge in [-0.3, -0.25) is 4.90 Å². The zero-order valence-corrected chi connectivity index (χ0v) is 12.1. The van der Waals surface area contributed by atoms with Crippen molar-refractivity contribution in [1.82, 2.24) is 10.2 Å². The van der Waals surface area contributed by atoms with Gasteiger partial charge in [-0.05, 0) is 49.9 Å². The third kappa shape index (κ3) is 2.18. The molecule has 3 unspecified atom stereocenters. The fourth-order valence-electron chi connectivity index (χ4n) is 4.31. The van der Waals surface area contributed by atoms with Crippen LogP contribution in [0.5, 0.6) is 0 Å². The lowest BCUT2D eigenvalue weighted by Gasteiger charge is -2.39. The molecule has 3 aliphatic heterocycles. The Morgan fingerprint density at radius 2 is 2.10 bits per heavy atom. The van der Waals surface area contributed by atoms with E-state index in [1.807, 2.05) is 0 Å². The number of hydrogen-bond acceptors (Lipinski definition) is 3. The second-order valence-electron chi connectivity index (χ2n) is 6.38. The van der Waals surface area contributed by atoms with Gasteiger partial charge in [-0.1, -0.05) is 24.3 Å². The van der Waals surface area contributed by atoms with Crippen LogP contribution in [0.25, 0.3) is 0 Å². The number of nitrogens with zero attached hydrogens (tertiary/aromatic N) is 1. The average Bonchev–Trinajstić information content (AvgIpc) is 3.17. The molecule has 1 aromatic rings. The highest BCUT2D eigenvalue weighted by Gasteiger charge is 2.38. The molecule has 0 bridgehead atoms. The minimum absolute atomic E-state index is 0.467. The summed E-state index contributed by atoms with van der Waals surface area (Å²) in [6, 6.07) is 10.7. The number of likely N-dealkylation sites (tertiary alicyclic amines) is 1. The molecule has 4 rings (SSSR count). The number of nitrogens with one attached hydrogen (secondary N) is 1. The van der Waals surface area contributed by atoms with Crippen LogP contribution in [0.1, 0.15) is 42.9 Å². The van der Waals surface area contributed by atoms with Crippen LogP contribution in [0.15, 0.2) is 24.3 Å². The number of rotatable bonds is 2. The maximum Gasteiger partial charge on any atom is 0.0721 e. The average molecular weight is 272 g/mol. The highest BCUT2D eigenvalue weighted by molar-refractivity contribution is 5.31.